The van der Waals surface area contributed by atoms with Crippen LogP contribution in [0.1, 0.15) is 15.9 Å². The number of carbonyl (C=O) groups is 1. The van der Waals surface area contributed by atoms with E-state index in [9.17, 15) is 4.79 Å². The Morgan fingerprint density at radius 1 is 1.25 bits per heavy atom. The smallest absolute Gasteiger partial charge is 0.252 e. The van der Waals surface area contributed by atoms with Crippen molar-refractivity contribution in [1.29, 1.82) is 0 Å². The van der Waals surface area contributed by atoms with E-state index in [0.29, 0.717) is 12.2 Å². The molecule has 2 aromatic carbocycles. The van der Waals surface area contributed by atoms with E-state index in [1.165, 1.54) is 0 Å². The molecule has 0 aliphatic rings. The lowest BCUT2D eigenvalue weighted by Crippen LogP contribution is -2.23. The lowest BCUT2D eigenvalue weighted by Gasteiger charge is -2.04. The van der Waals surface area contributed by atoms with Crippen molar-refractivity contribution in [2.45, 2.75) is 6.92 Å². The number of aryl methyl sites for hydroxylation is 1. The Balaban J connectivity index is 1.48. The maximum absolute atomic E-state index is 12.1. The van der Waals surface area contributed by atoms with Crippen LogP contribution in [0.15, 0.2) is 48.8 Å². The highest BCUT2D eigenvalue weighted by Crippen LogP contribution is 2.15. The Morgan fingerprint density at radius 2 is 2.12 bits per heavy atom. The number of rotatable bonds is 4. The van der Waals surface area contributed by atoms with Gasteiger partial charge in [0.05, 0.1) is 23.9 Å². The summed E-state index contributed by atoms with van der Waals surface area (Å²) in [6.07, 6.45) is 1.60. The molecule has 1 heterocycles. The molecule has 0 radical (unpaired) electrons. The fourth-order valence-electron chi connectivity index (χ4n) is 2.25. The second-order valence-electron chi connectivity index (χ2n) is 5.22. The number of aromatic nitrogens is 2. The first kappa shape index (κ1) is 15.6. The molecular weight excluding hydrogens is 302 g/mol. The average Bonchev–Trinajstić information content (AvgIpc) is 3.07. The minimum absolute atomic E-state index is 0.166. The van der Waals surface area contributed by atoms with E-state index >= 15 is 0 Å². The van der Waals surface area contributed by atoms with E-state index < -0.39 is 0 Å². The number of fused-ring (bicyclic) bond motifs is 1. The van der Waals surface area contributed by atoms with Gasteiger partial charge in [-0.2, -0.15) is 0 Å². The Labute approximate surface area is 140 Å². The van der Waals surface area contributed by atoms with Gasteiger partial charge in [0.2, 0.25) is 0 Å². The van der Waals surface area contributed by atoms with Crippen LogP contribution in [0.4, 0.5) is 0 Å². The topological polar surface area (TPSA) is 67.0 Å². The number of carbonyl (C=O) groups excluding carboxylic acids is 1. The van der Waals surface area contributed by atoms with Gasteiger partial charge in [-0.05, 0) is 36.8 Å². The second-order valence-corrected chi connectivity index (χ2v) is 5.22. The molecule has 0 saturated carbocycles. The van der Waals surface area contributed by atoms with Gasteiger partial charge in [0.25, 0.3) is 5.91 Å². The molecule has 0 saturated heterocycles. The highest BCUT2D eigenvalue weighted by atomic mass is 16.5. The SMILES string of the molecule is Cc1ccccc1OCC#CCNC(=O)c1ccc2nc[nH]c2c1. The lowest BCUT2D eigenvalue weighted by atomic mass is 10.2. The first-order valence-corrected chi connectivity index (χ1v) is 7.59. The molecule has 120 valence electrons. The lowest BCUT2D eigenvalue weighted by molar-refractivity contribution is 0.0959. The number of aromatic amines is 1. The number of para-hydroxylation sites is 1. The number of amides is 1. The minimum Gasteiger partial charge on any atom is -0.481 e. The zero-order chi connectivity index (χ0) is 16.8. The Bertz CT molecular complexity index is 919. The molecule has 0 aliphatic heterocycles. The average molecular weight is 319 g/mol. The molecule has 0 spiro atoms. The molecule has 1 amide bonds. The van der Waals surface area contributed by atoms with Crippen molar-refractivity contribution < 1.29 is 9.53 Å². The summed E-state index contributed by atoms with van der Waals surface area (Å²) in [5.41, 5.74) is 3.31. The van der Waals surface area contributed by atoms with Crippen LogP contribution in [0.3, 0.4) is 0 Å². The van der Waals surface area contributed by atoms with E-state index in [2.05, 4.69) is 27.1 Å². The summed E-state index contributed by atoms with van der Waals surface area (Å²) in [7, 11) is 0. The molecule has 0 atom stereocenters. The van der Waals surface area contributed by atoms with Crippen LogP contribution in [0.5, 0.6) is 5.75 Å². The number of hydrogen-bond acceptors (Lipinski definition) is 3. The van der Waals surface area contributed by atoms with Crippen LogP contribution in [0.2, 0.25) is 0 Å². The molecule has 1 aromatic heterocycles. The molecule has 24 heavy (non-hydrogen) atoms. The van der Waals surface area contributed by atoms with E-state index in [0.717, 1.165) is 22.3 Å². The van der Waals surface area contributed by atoms with Crippen molar-refractivity contribution in [3.63, 3.8) is 0 Å². The van der Waals surface area contributed by atoms with Crippen LogP contribution >= 0.6 is 0 Å². The molecule has 5 heteroatoms. The predicted molar refractivity (Wildman–Crippen MR) is 92.9 cm³/mol. The van der Waals surface area contributed by atoms with E-state index in [-0.39, 0.29) is 12.5 Å². The standard InChI is InChI=1S/C19H17N3O2/c1-14-6-2-3-7-18(14)24-11-5-4-10-20-19(23)15-8-9-16-17(12-15)22-13-21-16/h2-3,6-9,12-13H,10-11H2,1H3,(H,20,23)(H,21,22). The van der Waals surface area contributed by atoms with Crippen molar-refractivity contribution in [3.8, 4) is 17.6 Å². The van der Waals surface area contributed by atoms with Crippen molar-refractivity contribution >= 4 is 16.9 Å². The minimum atomic E-state index is -0.166. The van der Waals surface area contributed by atoms with Gasteiger partial charge < -0.3 is 15.0 Å². The van der Waals surface area contributed by atoms with Gasteiger partial charge in [0.1, 0.15) is 12.4 Å². The molecule has 0 fully saturated rings. The molecule has 3 aromatic rings. The monoisotopic (exact) mass is 319 g/mol. The molecular formula is C19H17N3O2. The summed E-state index contributed by atoms with van der Waals surface area (Å²) in [6.45, 7) is 2.55. The van der Waals surface area contributed by atoms with Gasteiger partial charge in [-0.15, -0.1) is 0 Å². The van der Waals surface area contributed by atoms with Gasteiger partial charge in [-0.25, -0.2) is 4.98 Å². The third-order valence-electron chi connectivity index (χ3n) is 3.54. The van der Waals surface area contributed by atoms with Crippen LogP contribution in [-0.2, 0) is 0 Å². The summed E-state index contributed by atoms with van der Waals surface area (Å²) < 4.78 is 5.57. The molecule has 0 aliphatic carbocycles. The van der Waals surface area contributed by atoms with Crippen LogP contribution < -0.4 is 10.1 Å². The molecule has 2 N–H and O–H groups in total. The maximum Gasteiger partial charge on any atom is 0.252 e. The number of hydrogen-bond donors (Lipinski definition) is 2. The zero-order valence-corrected chi connectivity index (χ0v) is 13.3. The van der Waals surface area contributed by atoms with Gasteiger partial charge in [0.15, 0.2) is 0 Å². The fourth-order valence-corrected chi connectivity index (χ4v) is 2.25. The number of nitrogens with one attached hydrogen (secondary N) is 2. The Hall–Kier alpha value is -3.26. The quantitative estimate of drug-likeness (QED) is 0.727. The van der Waals surface area contributed by atoms with Crippen molar-refractivity contribution in [1.82, 2.24) is 15.3 Å². The van der Waals surface area contributed by atoms with Crippen LogP contribution in [0.25, 0.3) is 11.0 Å². The predicted octanol–water partition coefficient (Wildman–Crippen LogP) is 2.68. The number of H-pyrrole nitrogens is 1. The highest BCUT2D eigenvalue weighted by Gasteiger charge is 2.05. The largest absolute Gasteiger partial charge is 0.481 e. The highest BCUT2D eigenvalue weighted by molar-refractivity contribution is 5.97. The van der Waals surface area contributed by atoms with Crippen LogP contribution in [-0.4, -0.2) is 29.0 Å². The molecule has 3 rings (SSSR count). The zero-order valence-electron chi connectivity index (χ0n) is 13.3. The molecule has 0 bridgehead atoms. The molecule has 5 nitrogen and oxygen atoms in total. The van der Waals surface area contributed by atoms with Gasteiger partial charge >= 0.3 is 0 Å². The first-order valence-electron chi connectivity index (χ1n) is 7.59. The van der Waals surface area contributed by atoms with Gasteiger partial charge in [-0.1, -0.05) is 30.0 Å². The maximum atomic E-state index is 12.1. The number of nitrogens with zero attached hydrogens (tertiary/aromatic N) is 1. The van der Waals surface area contributed by atoms with E-state index in [4.69, 9.17) is 4.74 Å². The third-order valence-corrected chi connectivity index (χ3v) is 3.54. The van der Waals surface area contributed by atoms with Crippen molar-refractivity contribution in [2.75, 3.05) is 13.2 Å². The number of benzene rings is 2. The third kappa shape index (κ3) is 3.73. The summed E-state index contributed by atoms with van der Waals surface area (Å²) in [5.74, 6) is 6.43. The van der Waals surface area contributed by atoms with E-state index in [1.54, 1.807) is 18.5 Å². The summed E-state index contributed by atoms with van der Waals surface area (Å²) in [5, 5.41) is 2.76. The van der Waals surface area contributed by atoms with E-state index in [1.807, 2.05) is 37.3 Å². The number of imidazole rings is 1. The van der Waals surface area contributed by atoms with Crippen LogP contribution in [0, 0.1) is 18.8 Å². The first-order chi connectivity index (χ1) is 11.7. The number of ether oxygens (including phenoxy) is 1. The van der Waals surface area contributed by atoms with Crippen molar-refractivity contribution in [2.24, 2.45) is 0 Å². The fraction of sp³-hybridized carbons (Fsp3) is 0.158. The summed E-state index contributed by atoms with van der Waals surface area (Å²) >= 11 is 0. The van der Waals surface area contributed by atoms with Gasteiger partial charge in [0, 0.05) is 5.56 Å². The second kappa shape index (κ2) is 7.34. The Kier molecular flexibility index (Phi) is 4.78. The molecule has 0 unspecified atom stereocenters. The Morgan fingerprint density at radius 3 is 3.00 bits per heavy atom. The summed E-state index contributed by atoms with van der Waals surface area (Å²) in [4.78, 5) is 19.2. The summed E-state index contributed by atoms with van der Waals surface area (Å²) in [6, 6.07) is 13.1. The van der Waals surface area contributed by atoms with Gasteiger partial charge in [-0.3, -0.25) is 4.79 Å². The normalized spacial score (nSPS) is 10.0. The van der Waals surface area contributed by atoms with Crippen molar-refractivity contribution in [3.05, 3.63) is 59.9 Å².